The maximum Gasteiger partial charge on any atom is 0.128 e. The van der Waals surface area contributed by atoms with Gasteiger partial charge in [-0.2, -0.15) is 10.4 Å². The quantitative estimate of drug-likeness (QED) is 0.867. The third-order valence-corrected chi connectivity index (χ3v) is 4.14. The summed E-state index contributed by atoms with van der Waals surface area (Å²) in [6.07, 6.45) is 8.06. The number of aromatic nitrogens is 3. The fourth-order valence-corrected chi connectivity index (χ4v) is 2.84. The Labute approximate surface area is 124 Å². The molecule has 0 saturated carbocycles. The van der Waals surface area contributed by atoms with Gasteiger partial charge in [0, 0.05) is 32.0 Å². The van der Waals surface area contributed by atoms with Gasteiger partial charge in [0.2, 0.25) is 0 Å². The number of anilines is 1. The highest BCUT2D eigenvalue weighted by Crippen LogP contribution is 2.29. The van der Waals surface area contributed by atoms with E-state index < -0.39 is 0 Å². The molecule has 3 rings (SSSR count). The molecule has 5 heteroatoms. The summed E-state index contributed by atoms with van der Waals surface area (Å²) in [5.41, 5.74) is 1.96. The zero-order valence-electron chi connectivity index (χ0n) is 12.2. The molecule has 0 unspecified atom stereocenters. The molecule has 0 spiro atoms. The van der Waals surface area contributed by atoms with Gasteiger partial charge in [-0.05, 0) is 43.4 Å². The monoisotopic (exact) mass is 281 g/mol. The van der Waals surface area contributed by atoms with Crippen molar-refractivity contribution in [3.63, 3.8) is 0 Å². The smallest absolute Gasteiger partial charge is 0.128 e. The number of nitrogens with zero attached hydrogens (tertiary/aromatic N) is 5. The van der Waals surface area contributed by atoms with E-state index in [1.54, 1.807) is 6.20 Å². The van der Waals surface area contributed by atoms with Crippen LogP contribution < -0.4 is 4.90 Å². The highest BCUT2D eigenvalue weighted by atomic mass is 15.3. The molecular formula is C16H19N5. The van der Waals surface area contributed by atoms with Crippen molar-refractivity contribution in [3.8, 4) is 6.07 Å². The average Bonchev–Trinajstić information content (AvgIpc) is 3.04. The molecule has 21 heavy (non-hydrogen) atoms. The molecule has 0 aromatic carbocycles. The second-order valence-corrected chi connectivity index (χ2v) is 5.41. The molecule has 5 nitrogen and oxygen atoms in total. The molecule has 0 radical (unpaired) electrons. The minimum absolute atomic E-state index is 0.597. The zero-order valence-corrected chi connectivity index (χ0v) is 12.2. The van der Waals surface area contributed by atoms with E-state index in [4.69, 9.17) is 5.26 Å². The lowest BCUT2D eigenvalue weighted by Crippen LogP contribution is -2.33. The van der Waals surface area contributed by atoms with E-state index in [0.717, 1.165) is 38.3 Å². The minimum Gasteiger partial charge on any atom is -0.357 e. The van der Waals surface area contributed by atoms with Crippen LogP contribution in [0.1, 0.15) is 36.8 Å². The van der Waals surface area contributed by atoms with E-state index in [2.05, 4.69) is 34.2 Å². The summed E-state index contributed by atoms with van der Waals surface area (Å²) in [5.74, 6) is 1.57. The average molecular weight is 281 g/mol. The van der Waals surface area contributed by atoms with Crippen LogP contribution in [0.25, 0.3) is 0 Å². The number of hydrogen-bond donors (Lipinski definition) is 0. The maximum atomic E-state index is 8.81. The van der Waals surface area contributed by atoms with Crippen molar-refractivity contribution in [1.82, 2.24) is 14.8 Å². The molecule has 0 amide bonds. The lowest BCUT2D eigenvalue weighted by molar-refractivity contribution is 0.502. The van der Waals surface area contributed by atoms with E-state index in [1.165, 1.54) is 5.56 Å². The van der Waals surface area contributed by atoms with Crippen LogP contribution in [0.3, 0.4) is 0 Å². The Hall–Kier alpha value is -2.35. The van der Waals surface area contributed by atoms with Crippen LogP contribution in [0.4, 0.5) is 5.82 Å². The van der Waals surface area contributed by atoms with E-state index in [-0.39, 0.29) is 0 Å². The largest absolute Gasteiger partial charge is 0.357 e. The molecule has 0 aliphatic carbocycles. The fourth-order valence-electron chi connectivity index (χ4n) is 2.84. The van der Waals surface area contributed by atoms with Crippen LogP contribution in [-0.2, 0) is 6.54 Å². The first-order chi connectivity index (χ1) is 10.3. The third kappa shape index (κ3) is 2.89. The van der Waals surface area contributed by atoms with E-state index in [1.807, 2.05) is 23.0 Å². The molecule has 2 aromatic heterocycles. The predicted octanol–water partition coefficient (Wildman–Crippen LogP) is 2.55. The van der Waals surface area contributed by atoms with Crippen molar-refractivity contribution in [1.29, 1.82) is 5.26 Å². The fraction of sp³-hybridized carbons (Fsp3) is 0.438. The van der Waals surface area contributed by atoms with Crippen molar-refractivity contribution in [2.45, 2.75) is 32.2 Å². The third-order valence-electron chi connectivity index (χ3n) is 4.14. The second-order valence-electron chi connectivity index (χ2n) is 5.41. The van der Waals surface area contributed by atoms with Gasteiger partial charge in [0.25, 0.3) is 0 Å². The van der Waals surface area contributed by atoms with Gasteiger partial charge < -0.3 is 4.90 Å². The number of nitriles is 1. The first-order valence-electron chi connectivity index (χ1n) is 7.43. The summed E-state index contributed by atoms with van der Waals surface area (Å²) < 4.78 is 1.99. The summed E-state index contributed by atoms with van der Waals surface area (Å²) in [4.78, 5) is 6.67. The molecule has 0 atom stereocenters. The van der Waals surface area contributed by atoms with Crippen molar-refractivity contribution in [3.05, 3.63) is 41.9 Å². The summed E-state index contributed by atoms with van der Waals surface area (Å²) in [6, 6.07) is 5.87. The molecule has 0 bridgehead atoms. The number of pyridine rings is 1. The van der Waals surface area contributed by atoms with Crippen molar-refractivity contribution >= 4 is 5.82 Å². The van der Waals surface area contributed by atoms with Gasteiger partial charge >= 0.3 is 0 Å². The number of rotatable bonds is 3. The minimum atomic E-state index is 0.597. The van der Waals surface area contributed by atoms with Gasteiger partial charge in [-0.1, -0.05) is 0 Å². The standard InChI is InChI=1S/C16H19N5/c1-2-21-12-15(11-19-21)14-5-7-20(8-6-14)16-4-3-13(9-17)10-18-16/h3-4,10-12,14H,2,5-8H2,1H3. The summed E-state index contributed by atoms with van der Waals surface area (Å²) in [6.45, 7) is 5.03. The maximum absolute atomic E-state index is 8.81. The number of aryl methyl sites for hydroxylation is 1. The molecule has 0 N–H and O–H groups in total. The molecule has 2 aromatic rings. The van der Waals surface area contributed by atoms with Crippen LogP contribution in [0.15, 0.2) is 30.7 Å². The summed E-state index contributed by atoms with van der Waals surface area (Å²) >= 11 is 0. The topological polar surface area (TPSA) is 57.7 Å². The number of hydrogen-bond acceptors (Lipinski definition) is 4. The van der Waals surface area contributed by atoms with Gasteiger partial charge in [0.1, 0.15) is 11.9 Å². The van der Waals surface area contributed by atoms with Gasteiger partial charge in [0.15, 0.2) is 0 Å². The van der Waals surface area contributed by atoms with E-state index in [0.29, 0.717) is 11.5 Å². The Kier molecular flexibility index (Phi) is 3.87. The molecule has 3 heterocycles. The Morgan fingerprint density at radius 1 is 1.29 bits per heavy atom. The van der Waals surface area contributed by atoms with Crippen molar-refractivity contribution in [2.75, 3.05) is 18.0 Å². The highest BCUT2D eigenvalue weighted by Gasteiger charge is 2.22. The van der Waals surface area contributed by atoms with Crippen LogP contribution in [-0.4, -0.2) is 27.9 Å². The predicted molar refractivity (Wildman–Crippen MR) is 81.0 cm³/mol. The Morgan fingerprint density at radius 3 is 2.67 bits per heavy atom. The molecule has 1 fully saturated rings. The van der Waals surface area contributed by atoms with Gasteiger partial charge in [-0.15, -0.1) is 0 Å². The lowest BCUT2D eigenvalue weighted by atomic mass is 9.91. The normalized spacial score (nSPS) is 15.9. The second kappa shape index (κ2) is 5.96. The molecule has 1 aliphatic rings. The summed E-state index contributed by atoms with van der Waals surface area (Å²) in [5, 5.41) is 13.2. The van der Waals surface area contributed by atoms with Crippen LogP contribution in [0, 0.1) is 11.3 Å². The molecular weight excluding hydrogens is 262 g/mol. The Bertz CT molecular complexity index is 629. The van der Waals surface area contributed by atoms with E-state index >= 15 is 0 Å². The van der Waals surface area contributed by atoms with Crippen molar-refractivity contribution < 1.29 is 0 Å². The van der Waals surface area contributed by atoms with Crippen LogP contribution in [0.5, 0.6) is 0 Å². The zero-order chi connectivity index (χ0) is 14.7. The summed E-state index contributed by atoms with van der Waals surface area (Å²) in [7, 11) is 0. The highest BCUT2D eigenvalue weighted by molar-refractivity contribution is 5.42. The van der Waals surface area contributed by atoms with E-state index in [9.17, 15) is 0 Å². The molecule has 108 valence electrons. The van der Waals surface area contributed by atoms with Crippen molar-refractivity contribution in [2.24, 2.45) is 0 Å². The SMILES string of the molecule is CCn1cc(C2CCN(c3ccc(C#N)cn3)CC2)cn1. The molecule has 1 saturated heterocycles. The van der Waals surface area contributed by atoms with Crippen LogP contribution >= 0.6 is 0 Å². The first-order valence-corrected chi connectivity index (χ1v) is 7.43. The Balaban J connectivity index is 1.63. The van der Waals surface area contributed by atoms with Gasteiger partial charge in [-0.25, -0.2) is 4.98 Å². The van der Waals surface area contributed by atoms with Gasteiger partial charge in [0.05, 0.1) is 11.8 Å². The number of piperidine rings is 1. The molecule has 1 aliphatic heterocycles. The first kappa shape index (κ1) is 13.6. The van der Waals surface area contributed by atoms with Crippen LogP contribution in [0.2, 0.25) is 0 Å². The Morgan fingerprint density at radius 2 is 2.10 bits per heavy atom. The lowest BCUT2D eigenvalue weighted by Gasteiger charge is -2.32. The van der Waals surface area contributed by atoms with Gasteiger partial charge in [-0.3, -0.25) is 4.68 Å².